The Bertz CT molecular complexity index is 498. The van der Waals surface area contributed by atoms with Crippen LogP contribution in [0.25, 0.3) is 0 Å². The fraction of sp³-hybridized carbons (Fsp3) is 0.562. The van der Waals surface area contributed by atoms with Gasteiger partial charge in [0, 0.05) is 24.7 Å². The lowest BCUT2D eigenvalue weighted by atomic mass is 9.97. The van der Waals surface area contributed by atoms with Gasteiger partial charge in [-0.2, -0.15) is 0 Å². The van der Waals surface area contributed by atoms with Crippen LogP contribution in [0.5, 0.6) is 0 Å². The number of hydrogen-bond donors (Lipinski definition) is 2. The molecule has 1 heterocycles. The molecule has 3 rings (SSSR count). The molecule has 19 heavy (non-hydrogen) atoms. The van der Waals surface area contributed by atoms with E-state index in [1.54, 1.807) is 0 Å². The van der Waals surface area contributed by atoms with E-state index < -0.39 is 0 Å². The summed E-state index contributed by atoms with van der Waals surface area (Å²) in [6, 6.07) is 6.40. The van der Waals surface area contributed by atoms with Crippen LogP contribution in [0, 0.1) is 11.8 Å². The average molecular weight is 258 g/mol. The van der Waals surface area contributed by atoms with Gasteiger partial charge in [-0.05, 0) is 47.9 Å². The molecule has 3 atom stereocenters. The summed E-state index contributed by atoms with van der Waals surface area (Å²) in [7, 11) is 0. The van der Waals surface area contributed by atoms with Gasteiger partial charge < -0.3 is 10.6 Å². The van der Waals surface area contributed by atoms with E-state index in [1.807, 2.05) is 12.1 Å². The number of fused-ring (bicyclic) bond motifs is 1. The number of rotatable bonds is 2. The summed E-state index contributed by atoms with van der Waals surface area (Å²) in [5, 5.41) is 6.52. The molecule has 0 spiro atoms. The summed E-state index contributed by atoms with van der Waals surface area (Å²) < 4.78 is 0. The van der Waals surface area contributed by atoms with E-state index in [1.165, 1.54) is 17.5 Å². The van der Waals surface area contributed by atoms with Crippen LogP contribution in [0.2, 0.25) is 0 Å². The minimum absolute atomic E-state index is 0.0839. The van der Waals surface area contributed by atoms with Crippen LogP contribution >= 0.6 is 0 Å². The average Bonchev–Trinajstić information content (AvgIpc) is 2.99. The SMILES string of the molecule is CC1CCC(NC(=O)c2ccc3c(c2)CNC3)C1C. The Kier molecular flexibility index (Phi) is 3.31. The van der Waals surface area contributed by atoms with E-state index in [0.29, 0.717) is 12.0 Å². The molecule has 1 fully saturated rings. The van der Waals surface area contributed by atoms with Crippen molar-refractivity contribution in [1.29, 1.82) is 0 Å². The summed E-state index contributed by atoms with van der Waals surface area (Å²) in [5.74, 6) is 1.38. The molecule has 1 aromatic carbocycles. The van der Waals surface area contributed by atoms with Gasteiger partial charge in [0.15, 0.2) is 0 Å². The maximum Gasteiger partial charge on any atom is 0.251 e. The molecule has 1 aliphatic carbocycles. The van der Waals surface area contributed by atoms with Crippen LogP contribution in [-0.4, -0.2) is 11.9 Å². The van der Waals surface area contributed by atoms with Gasteiger partial charge in [0.2, 0.25) is 0 Å². The molecule has 3 heteroatoms. The largest absolute Gasteiger partial charge is 0.349 e. The molecule has 3 nitrogen and oxygen atoms in total. The van der Waals surface area contributed by atoms with E-state index in [2.05, 4.69) is 30.5 Å². The Morgan fingerprint density at radius 1 is 1.21 bits per heavy atom. The molecule has 0 aromatic heterocycles. The van der Waals surface area contributed by atoms with Gasteiger partial charge in [-0.15, -0.1) is 0 Å². The molecular formula is C16H22N2O. The Morgan fingerprint density at radius 2 is 2.00 bits per heavy atom. The third-order valence-corrected chi connectivity index (χ3v) is 4.88. The van der Waals surface area contributed by atoms with Crippen LogP contribution in [0.1, 0.15) is 48.2 Å². The molecule has 102 valence electrons. The molecule has 1 aromatic rings. The van der Waals surface area contributed by atoms with Crippen molar-refractivity contribution in [2.24, 2.45) is 11.8 Å². The van der Waals surface area contributed by atoms with Crippen molar-refractivity contribution in [3.05, 3.63) is 34.9 Å². The van der Waals surface area contributed by atoms with Gasteiger partial charge in [-0.3, -0.25) is 4.79 Å². The van der Waals surface area contributed by atoms with Gasteiger partial charge >= 0.3 is 0 Å². The standard InChI is InChI=1S/C16H22N2O/c1-10-3-6-15(11(10)2)18-16(19)12-4-5-13-8-17-9-14(13)7-12/h4-5,7,10-11,15,17H,3,6,8-9H2,1-2H3,(H,18,19). The zero-order valence-electron chi connectivity index (χ0n) is 11.7. The van der Waals surface area contributed by atoms with Gasteiger partial charge in [0.1, 0.15) is 0 Å². The highest BCUT2D eigenvalue weighted by Gasteiger charge is 2.31. The number of carbonyl (C=O) groups excluding carboxylic acids is 1. The lowest BCUT2D eigenvalue weighted by Crippen LogP contribution is -2.37. The molecule has 1 saturated carbocycles. The second kappa shape index (κ2) is 4.97. The summed E-state index contributed by atoms with van der Waals surface area (Å²) >= 11 is 0. The first-order chi connectivity index (χ1) is 9.15. The summed E-state index contributed by atoms with van der Waals surface area (Å²) in [6.45, 7) is 6.33. The number of amides is 1. The molecular weight excluding hydrogens is 236 g/mol. The maximum absolute atomic E-state index is 12.3. The second-order valence-corrected chi connectivity index (χ2v) is 6.08. The van der Waals surface area contributed by atoms with Crippen molar-refractivity contribution in [1.82, 2.24) is 10.6 Å². The summed E-state index contributed by atoms with van der Waals surface area (Å²) in [4.78, 5) is 12.3. The molecule has 3 unspecified atom stereocenters. The molecule has 0 bridgehead atoms. The van der Waals surface area contributed by atoms with Crippen molar-refractivity contribution in [2.45, 2.75) is 45.8 Å². The third kappa shape index (κ3) is 2.39. The fourth-order valence-electron chi connectivity index (χ4n) is 3.26. The van der Waals surface area contributed by atoms with Crippen molar-refractivity contribution in [2.75, 3.05) is 0 Å². The predicted molar refractivity (Wildman–Crippen MR) is 75.8 cm³/mol. The Hall–Kier alpha value is -1.35. The quantitative estimate of drug-likeness (QED) is 0.855. The van der Waals surface area contributed by atoms with Gasteiger partial charge in [-0.1, -0.05) is 19.9 Å². The lowest BCUT2D eigenvalue weighted by Gasteiger charge is -2.19. The zero-order valence-corrected chi connectivity index (χ0v) is 11.7. The van der Waals surface area contributed by atoms with Crippen molar-refractivity contribution < 1.29 is 4.79 Å². The predicted octanol–water partition coefficient (Wildman–Crippen LogP) is 2.45. The van der Waals surface area contributed by atoms with E-state index in [4.69, 9.17) is 0 Å². The smallest absolute Gasteiger partial charge is 0.251 e. The van der Waals surface area contributed by atoms with Gasteiger partial charge in [-0.25, -0.2) is 0 Å². The van der Waals surface area contributed by atoms with Crippen LogP contribution in [0.3, 0.4) is 0 Å². The first-order valence-corrected chi connectivity index (χ1v) is 7.28. The lowest BCUT2D eigenvalue weighted by molar-refractivity contribution is 0.0927. The van der Waals surface area contributed by atoms with Crippen LogP contribution in [-0.2, 0) is 13.1 Å². The van der Waals surface area contributed by atoms with Gasteiger partial charge in [0.25, 0.3) is 5.91 Å². The summed E-state index contributed by atoms with van der Waals surface area (Å²) in [6.07, 6.45) is 2.33. The molecule has 1 amide bonds. The van der Waals surface area contributed by atoms with Crippen LogP contribution < -0.4 is 10.6 Å². The van der Waals surface area contributed by atoms with E-state index in [9.17, 15) is 4.79 Å². The number of benzene rings is 1. The topological polar surface area (TPSA) is 41.1 Å². The third-order valence-electron chi connectivity index (χ3n) is 4.88. The zero-order chi connectivity index (χ0) is 13.4. The fourth-order valence-corrected chi connectivity index (χ4v) is 3.26. The Morgan fingerprint density at radius 3 is 2.74 bits per heavy atom. The monoisotopic (exact) mass is 258 g/mol. The molecule has 0 radical (unpaired) electrons. The highest BCUT2D eigenvalue weighted by molar-refractivity contribution is 5.94. The van der Waals surface area contributed by atoms with Gasteiger partial charge in [0.05, 0.1) is 0 Å². The first kappa shape index (κ1) is 12.7. The Labute approximate surface area is 114 Å². The number of carbonyl (C=O) groups is 1. The van der Waals surface area contributed by atoms with E-state index >= 15 is 0 Å². The minimum atomic E-state index is 0.0839. The van der Waals surface area contributed by atoms with Crippen LogP contribution in [0.4, 0.5) is 0 Å². The van der Waals surface area contributed by atoms with E-state index in [-0.39, 0.29) is 5.91 Å². The normalized spacial score (nSPS) is 29.3. The van der Waals surface area contributed by atoms with E-state index in [0.717, 1.165) is 31.0 Å². The Balaban J connectivity index is 1.71. The summed E-state index contributed by atoms with van der Waals surface area (Å²) in [5.41, 5.74) is 3.38. The molecule has 2 N–H and O–H groups in total. The minimum Gasteiger partial charge on any atom is -0.349 e. The molecule has 0 saturated heterocycles. The molecule has 1 aliphatic heterocycles. The number of hydrogen-bond acceptors (Lipinski definition) is 2. The second-order valence-electron chi connectivity index (χ2n) is 6.08. The first-order valence-electron chi connectivity index (χ1n) is 7.28. The van der Waals surface area contributed by atoms with Crippen LogP contribution in [0.15, 0.2) is 18.2 Å². The molecule has 2 aliphatic rings. The van der Waals surface area contributed by atoms with Crippen molar-refractivity contribution in [3.8, 4) is 0 Å². The number of nitrogens with one attached hydrogen (secondary N) is 2. The maximum atomic E-state index is 12.3. The highest BCUT2D eigenvalue weighted by Crippen LogP contribution is 2.31. The van der Waals surface area contributed by atoms with Crippen molar-refractivity contribution >= 4 is 5.91 Å². The van der Waals surface area contributed by atoms with Crippen molar-refractivity contribution in [3.63, 3.8) is 0 Å². The highest BCUT2D eigenvalue weighted by atomic mass is 16.1.